The molecule has 1 aromatic heterocycles. The first-order chi connectivity index (χ1) is 5.86. The number of ether oxygens (including phenoxy) is 1. The molecule has 0 bridgehead atoms. The normalized spacial score (nSPS) is 10.5. The van der Waals surface area contributed by atoms with Crippen molar-refractivity contribution >= 4 is 17.7 Å². The van der Waals surface area contributed by atoms with E-state index < -0.39 is 0 Å². The summed E-state index contributed by atoms with van der Waals surface area (Å²) in [5, 5.41) is 0. The first-order valence-electron chi connectivity index (χ1n) is 3.45. The number of allylic oxidation sites excluding steroid dienone is 1. The lowest BCUT2D eigenvalue weighted by molar-refractivity contribution is 0.379. The zero-order chi connectivity index (χ0) is 8.81. The van der Waals surface area contributed by atoms with E-state index in [0.29, 0.717) is 11.9 Å². The van der Waals surface area contributed by atoms with Crippen LogP contribution in [0.25, 0.3) is 6.08 Å². The molecule has 0 spiro atoms. The fourth-order valence-corrected chi connectivity index (χ4v) is 0.787. The third-order valence-corrected chi connectivity index (χ3v) is 1.41. The molecule has 0 amide bonds. The van der Waals surface area contributed by atoms with Crippen LogP contribution in [-0.4, -0.2) is 23.0 Å². The van der Waals surface area contributed by atoms with Crippen molar-refractivity contribution in [2.45, 2.75) is 0 Å². The highest BCUT2D eigenvalue weighted by molar-refractivity contribution is 6.19. The Morgan fingerprint density at radius 2 is 2.17 bits per heavy atom. The van der Waals surface area contributed by atoms with Gasteiger partial charge in [-0.2, -0.15) is 0 Å². The molecule has 0 atom stereocenters. The molecular formula is C8H9ClN2O. The van der Waals surface area contributed by atoms with E-state index in [4.69, 9.17) is 16.3 Å². The molecule has 12 heavy (non-hydrogen) atoms. The number of hydrogen-bond donors (Lipinski definition) is 0. The van der Waals surface area contributed by atoms with Crippen molar-refractivity contribution in [3.63, 3.8) is 0 Å². The van der Waals surface area contributed by atoms with E-state index >= 15 is 0 Å². The van der Waals surface area contributed by atoms with Crippen molar-refractivity contribution in [1.82, 2.24) is 9.97 Å². The molecular weight excluding hydrogens is 176 g/mol. The van der Waals surface area contributed by atoms with Crippen molar-refractivity contribution in [2.75, 3.05) is 13.0 Å². The van der Waals surface area contributed by atoms with Crippen LogP contribution in [0.5, 0.6) is 6.01 Å². The smallest absolute Gasteiger partial charge is 0.316 e. The Morgan fingerprint density at radius 1 is 1.50 bits per heavy atom. The minimum absolute atomic E-state index is 0.373. The highest BCUT2D eigenvalue weighted by Gasteiger charge is 1.91. The molecule has 0 aliphatic heterocycles. The third kappa shape index (κ3) is 2.51. The number of rotatable bonds is 3. The van der Waals surface area contributed by atoms with Gasteiger partial charge in [0.25, 0.3) is 0 Å². The van der Waals surface area contributed by atoms with Crippen LogP contribution in [0.1, 0.15) is 5.56 Å². The molecule has 0 aliphatic rings. The average Bonchev–Trinajstić information content (AvgIpc) is 2.15. The summed E-state index contributed by atoms with van der Waals surface area (Å²) in [5.74, 6) is 0.492. The number of methoxy groups -OCH3 is 1. The molecule has 0 saturated carbocycles. The van der Waals surface area contributed by atoms with Gasteiger partial charge in [-0.25, -0.2) is 9.97 Å². The van der Waals surface area contributed by atoms with E-state index in [1.165, 1.54) is 7.11 Å². The Balaban J connectivity index is 2.71. The first-order valence-corrected chi connectivity index (χ1v) is 3.99. The van der Waals surface area contributed by atoms with Gasteiger partial charge < -0.3 is 4.74 Å². The number of aromatic nitrogens is 2. The lowest BCUT2D eigenvalue weighted by Crippen LogP contribution is -1.90. The molecule has 3 nitrogen and oxygen atoms in total. The van der Waals surface area contributed by atoms with Crippen LogP contribution in [-0.2, 0) is 0 Å². The van der Waals surface area contributed by atoms with Gasteiger partial charge in [0.15, 0.2) is 0 Å². The van der Waals surface area contributed by atoms with Gasteiger partial charge in [-0.1, -0.05) is 12.2 Å². The van der Waals surface area contributed by atoms with Crippen molar-refractivity contribution in [1.29, 1.82) is 0 Å². The molecule has 1 heterocycles. The standard InChI is InChI=1S/C8H9ClN2O/c1-12-8-10-5-7(6-11-8)3-2-4-9/h2-3,5-6H,4H2,1H3. The van der Waals surface area contributed by atoms with Gasteiger partial charge >= 0.3 is 6.01 Å². The second-order valence-corrected chi connectivity index (χ2v) is 2.37. The van der Waals surface area contributed by atoms with Crippen molar-refractivity contribution in [3.8, 4) is 6.01 Å². The number of hydrogen-bond acceptors (Lipinski definition) is 3. The van der Waals surface area contributed by atoms with Crippen molar-refractivity contribution in [3.05, 3.63) is 24.0 Å². The second kappa shape index (κ2) is 4.72. The molecule has 1 rings (SSSR count). The maximum atomic E-state index is 5.46. The SMILES string of the molecule is COc1ncc(C=CCCl)cn1. The van der Waals surface area contributed by atoms with Gasteiger partial charge in [0.05, 0.1) is 7.11 Å². The van der Waals surface area contributed by atoms with E-state index in [0.717, 1.165) is 5.56 Å². The predicted octanol–water partition coefficient (Wildman–Crippen LogP) is 1.74. The Bertz CT molecular complexity index is 258. The van der Waals surface area contributed by atoms with Crippen LogP contribution >= 0.6 is 11.6 Å². The number of alkyl halides is 1. The van der Waals surface area contributed by atoms with Crippen LogP contribution in [0.4, 0.5) is 0 Å². The highest BCUT2D eigenvalue weighted by Crippen LogP contribution is 2.03. The van der Waals surface area contributed by atoms with Crippen molar-refractivity contribution < 1.29 is 4.74 Å². The summed E-state index contributed by atoms with van der Waals surface area (Å²) in [4.78, 5) is 7.84. The summed E-state index contributed by atoms with van der Waals surface area (Å²) >= 11 is 5.46. The molecule has 1 aromatic rings. The fourth-order valence-electron chi connectivity index (χ4n) is 0.698. The monoisotopic (exact) mass is 184 g/mol. The molecule has 4 heteroatoms. The van der Waals surface area contributed by atoms with Gasteiger partial charge in [0.1, 0.15) is 0 Å². The molecule has 0 saturated heterocycles. The summed E-state index contributed by atoms with van der Waals surface area (Å²) in [6.07, 6.45) is 7.03. The minimum Gasteiger partial charge on any atom is -0.467 e. The van der Waals surface area contributed by atoms with E-state index in [2.05, 4.69) is 9.97 Å². The maximum Gasteiger partial charge on any atom is 0.316 e. The van der Waals surface area contributed by atoms with Gasteiger partial charge in [0.2, 0.25) is 0 Å². The lowest BCUT2D eigenvalue weighted by atomic mass is 10.3. The van der Waals surface area contributed by atoms with Gasteiger partial charge in [-0.15, -0.1) is 11.6 Å². The van der Waals surface area contributed by atoms with Crippen molar-refractivity contribution in [2.24, 2.45) is 0 Å². The molecule has 0 radical (unpaired) electrons. The summed E-state index contributed by atoms with van der Waals surface area (Å²) in [7, 11) is 1.53. The zero-order valence-electron chi connectivity index (χ0n) is 6.70. The molecule has 0 unspecified atom stereocenters. The highest BCUT2D eigenvalue weighted by atomic mass is 35.5. The Hall–Kier alpha value is -1.09. The van der Waals surface area contributed by atoms with E-state index in [9.17, 15) is 0 Å². The largest absolute Gasteiger partial charge is 0.467 e. The summed E-state index contributed by atoms with van der Waals surface area (Å²) in [5.41, 5.74) is 0.913. The van der Waals surface area contributed by atoms with E-state index in [1.54, 1.807) is 12.4 Å². The van der Waals surface area contributed by atoms with E-state index in [1.807, 2.05) is 12.2 Å². The summed E-state index contributed by atoms with van der Waals surface area (Å²) in [6.45, 7) is 0. The van der Waals surface area contributed by atoms with Gasteiger partial charge in [-0.05, 0) is 0 Å². The molecule has 64 valence electrons. The molecule has 0 aromatic carbocycles. The Kier molecular flexibility index (Phi) is 3.54. The number of halogens is 1. The van der Waals surface area contributed by atoms with Gasteiger partial charge in [-0.3, -0.25) is 0 Å². The zero-order valence-corrected chi connectivity index (χ0v) is 7.45. The lowest BCUT2D eigenvalue weighted by Gasteiger charge is -1.95. The first kappa shape index (κ1) is 9.00. The second-order valence-electron chi connectivity index (χ2n) is 2.06. The third-order valence-electron chi connectivity index (χ3n) is 1.23. The number of nitrogens with zero attached hydrogens (tertiary/aromatic N) is 2. The maximum absolute atomic E-state index is 5.46. The molecule has 0 fully saturated rings. The summed E-state index contributed by atoms with van der Waals surface area (Å²) in [6, 6.07) is 0.373. The van der Waals surface area contributed by atoms with Crippen LogP contribution < -0.4 is 4.74 Å². The van der Waals surface area contributed by atoms with Crippen LogP contribution in [0.2, 0.25) is 0 Å². The van der Waals surface area contributed by atoms with Crippen LogP contribution in [0.3, 0.4) is 0 Å². The Morgan fingerprint density at radius 3 is 2.67 bits per heavy atom. The average molecular weight is 185 g/mol. The predicted molar refractivity (Wildman–Crippen MR) is 48.3 cm³/mol. The minimum atomic E-state index is 0.373. The van der Waals surface area contributed by atoms with Crippen LogP contribution in [0, 0.1) is 0 Å². The van der Waals surface area contributed by atoms with Crippen LogP contribution in [0.15, 0.2) is 18.5 Å². The Labute approximate surface area is 76.1 Å². The quantitative estimate of drug-likeness (QED) is 0.672. The van der Waals surface area contributed by atoms with Gasteiger partial charge in [0, 0.05) is 23.8 Å². The fraction of sp³-hybridized carbons (Fsp3) is 0.250. The molecule has 0 aliphatic carbocycles. The summed E-state index contributed by atoms with van der Waals surface area (Å²) < 4.78 is 4.80. The molecule has 0 N–H and O–H groups in total. The topological polar surface area (TPSA) is 35.0 Å². The van der Waals surface area contributed by atoms with E-state index in [-0.39, 0.29) is 0 Å².